The molecule has 1 aromatic carbocycles. The van der Waals surface area contributed by atoms with Crippen molar-refractivity contribution in [1.29, 1.82) is 0 Å². The number of likely N-dealkylation sites (tertiary alicyclic amines) is 1. The van der Waals surface area contributed by atoms with Crippen LogP contribution in [-0.2, 0) is 16.0 Å². The molecule has 0 aliphatic carbocycles. The Bertz CT molecular complexity index is 654. The number of hydrogen-bond acceptors (Lipinski definition) is 3. The summed E-state index contributed by atoms with van der Waals surface area (Å²) >= 11 is 0. The fourth-order valence-electron chi connectivity index (χ4n) is 3.76. The molecule has 0 unspecified atom stereocenters. The van der Waals surface area contributed by atoms with Crippen molar-refractivity contribution in [2.24, 2.45) is 11.7 Å². The van der Waals surface area contributed by atoms with Gasteiger partial charge in [0.25, 0.3) is 0 Å². The summed E-state index contributed by atoms with van der Waals surface area (Å²) in [6.07, 6.45) is 3.01. The van der Waals surface area contributed by atoms with Gasteiger partial charge in [0.15, 0.2) is 0 Å². The second kappa shape index (κ2) is 6.79. The first-order valence-corrected chi connectivity index (χ1v) is 8.57. The summed E-state index contributed by atoms with van der Waals surface area (Å²) in [6.45, 7) is 3.86. The van der Waals surface area contributed by atoms with Gasteiger partial charge in [0.2, 0.25) is 11.8 Å². The molecule has 0 saturated carbocycles. The summed E-state index contributed by atoms with van der Waals surface area (Å²) in [7, 11) is 0. The minimum absolute atomic E-state index is 0.00857. The lowest BCUT2D eigenvalue weighted by molar-refractivity contribution is -0.133. The number of anilines is 1. The summed E-state index contributed by atoms with van der Waals surface area (Å²) in [5, 5.41) is 0. The van der Waals surface area contributed by atoms with E-state index in [0.29, 0.717) is 38.2 Å². The standard InChI is InChI=1S/C18H24FN3O2/c1-12-9-14-3-2-6-22(17(14)15(19)10-12)11-16(23)21-7-4-13(5-8-21)18(20)24/h9-10,13H,2-8,11H2,1H3,(H2,20,24). The quantitative estimate of drug-likeness (QED) is 0.914. The number of primary amides is 1. The molecule has 2 N–H and O–H groups in total. The van der Waals surface area contributed by atoms with E-state index in [9.17, 15) is 14.0 Å². The zero-order valence-corrected chi connectivity index (χ0v) is 14.1. The highest BCUT2D eigenvalue weighted by Crippen LogP contribution is 2.31. The third-order valence-corrected chi connectivity index (χ3v) is 5.05. The minimum atomic E-state index is -0.288. The lowest BCUT2D eigenvalue weighted by Crippen LogP contribution is -2.47. The predicted molar refractivity (Wildman–Crippen MR) is 90.2 cm³/mol. The Balaban J connectivity index is 1.68. The summed E-state index contributed by atoms with van der Waals surface area (Å²) in [6, 6.07) is 3.54. The Morgan fingerprint density at radius 1 is 1.25 bits per heavy atom. The second-order valence-electron chi connectivity index (χ2n) is 6.84. The first-order chi connectivity index (χ1) is 11.5. The highest BCUT2D eigenvalue weighted by Gasteiger charge is 2.28. The van der Waals surface area contributed by atoms with E-state index >= 15 is 0 Å². The van der Waals surface area contributed by atoms with Crippen LogP contribution in [0.15, 0.2) is 12.1 Å². The molecule has 3 rings (SSSR count). The number of hydrogen-bond donors (Lipinski definition) is 1. The summed E-state index contributed by atoms with van der Waals surface area (Å²) in [5.41, 5.74) is 7.80. The first-order valence-electron chi connectivity index (χ1n) is 8.57. The summed E-state index contributed by atoms with van der Waals surface area (Å²) in [4.78, 5) is 27.4. The fraction of sp³-hybridized carbons (Fsp3) is 0.556. The van der Waals surface area contributed by atoms with Gasteiger partial charge in [0.1, 0.15) is 5.82 Å². The molecular formula is C18H24FN3O2. The Hall–Kier alpha value is -2.11. The Labute approximate surface area is 141 Å². The van der Waals surface area contributed by atoms with E-state index in [1.54, 1.807) is 4.90 Å². The molecule has 0 spiro atoms. The lowest BCUT2D eigenvalue weighted by Gasteiger charge is -2.35. The van der Waals surface area contributed by atoms with Gasteiger partial charge in [-0.05, 0) is 49.8 Å². The number of amides is 2. The summed E-state index contributed by atoms with van der Waals surface area (Å²) in [5.74, 6) is -0.676. The minimum Gasteiger partial charge on any atom is -0.369 e. The Morgan fingerprint density at radius 2 is 1.96 bits per heavy atom. The first kappa shape index (κ1) is 16.7. The van der Waals surface area contributed by atoms with E-state index in [-0.39, 0.29) is 30.1 Å². The molecule has 1 fully saturated rings. The van der Waals surface area contributed by atoms with Crippen LogP contribution in [0.2, 0.25) is 0 Å². The van der Waals surface area contributed by atoms with Crippen LogP contribution in [0.5, 0.6) is 0 Å². The number of aryl methyl sites for hydroxylation is 2. The van der Waals surface area contributed by atoms with Crippen molar-refractivity contribution >= 4 is 17.5 Å². The van der Waals surface area contributed by atoms with E-state index in [1.165, 1.54) is 6.07 Å². The molecule has 24 heavy (non-hydrogen) atoms. The van der Waals surface area contributed by atoms with E-state index < -0.39 is 0 Å². The van der Waals surface area contributed by atoms with Gasteiger partial charge < -0.3 is 15.5 Å². The van der Waals surface area contributed by atoms with Crippen molar-refractivity contribution in [2.45, 2.75) is 32.6 Å². The third kappa shape index (κ3) is 3.37. The largest absolute Gasteiger partial charge is 0.369 e. The van der Waals surface area contributed by atoms with Crippen molar-refractivity contribution in [2.75, 3.05) is 31.1 Å². The number of rotatable bonds is 3. The van der Waals surface area contributed by atoms with Crippen molar-refractivity contribution in [3.05, 3.63) is 29.1 Å². The van der Waals surface area contributed by atoms with Gasteiger partial charge in [-0.1, -0.05) is 6.07 Å². The van der Waals surface area contributed by atoms with Gasteiger partial charge in [-0.15, -0.1) is 0 Å². The highest BCUT2D eigenvalue weighted by molar-refractivity contribution is 5.83. The molecule has 1 saturated heterocycles. The van der Waals surface area contributed by atoms with Crippen LogP contribution in [0.1, 0.15) is 30.4 Å². The lowest BCUT2D eigenvalue weighted by atomic mass is 9.96. The van der Waals surface area contributed by atoms with E-state index in [4.69, 9.17) is 5.73 Å². The number of carbonyl (C=O) groups is 2. The molecule has 0 radical (unpaired) electrons. The molecule has 2 aliphatic heterocycles. The van der Waals surface area contributed by atoms with Gasteiger partial charge in [-0.2, -0.15) is 0 Å². The van der Waals surface area contributed by atoms with Gasteiger partial charge in [0, 0.05) is 25.6 Å². The van der Waals surface area contributed by atoms with Crippen LogP contribution in [0.4, 0.5) is 10.1 Å². The van der Waals surface area contributed by atoms with Crippen LogP contribution >= 0.6 is 0 Å². The SMILES string of the molecule is Cc1cc(F)c2c(c1)CCCN2CC(=O)N1CCC(C(N)=O)CC1. The van der Waals surface area contributed by atoms with Crippen molar-refractivity contribution in [1.82, 2.24) is 4.90 Å². The molecule has 2 heterocycles. The topological polar surface area (TPSA) is 66.6 Å². The smallest absolute Gasteiger partial charge is 0.242 e. The number of piperidine rings is 1. The van der Waals surface area contributed by atoms with Gasteiger partial charge in [0.05, 0.1) is 12.2 Å². The van der Waals surface area contributed by atoms with Gasteiger partial charge >= 0.3 is 0 Å². The Morgan fingerprint density at radius 3 is 2.62 bits per heavy atom. The molecule has 2 aliphatic rings. The number of nitrogens with zero attached hydrogens (tertiary/aromatic N) is 2. The second-order valence-corrected chi connectivity index (χ2v) is 6.84. The van der Waals surface area contributed by atoms with E-state index in [0.717, 1.165) is 24.0 Å². The maximum atomic E-state index is 14.4. The molecular weight excluding hydrogens is 309 g/mol. The molecule has 2 amide bonds. The summed E-state index contributed by atoms with van der Waals surface area (Å²) < 4.78 is 14.4. The third-order valence-electron chi connectivity index (χ3n) is 5.05. The van der Waals surface area contributed by atoms with Crippen LogP contribution < -0.4 is 10.6 Å². The Kier molecular flexibility index (Phi) is 4.73. The highest BCUT2D eigenvalue weighted by atomic mass is 19.1. The zero-order chi connectivity index (χ0) is 17.3. The maximum absolute atomic E-state index is 14.4. The zero-order valence-electron chi connectivity index (χ0n) is 14.1. The molecule has 130 valence electrons. The fourth-order valence-corrected chi connectivity index (χ4v) is 3.76. The normalized spacial score (nSPS) is 18.4. The monoisotopic (exact) mass is 333 g/mol. The number of fused-ring (bicyclic) bond motifs is 1. The number of nitrogens with two attached hydrogens (primary N) is 1. The van der Waals surface area contributed by atoms with Gasteiger partial charge in [-0.3, -0.25) is 9.59 Å². The maximum Gasteiger partial charge on any atom is 0.242 e. The van der Waals surface area contributed by atoms with E-state index in [1.807, 2.05) is 17.9 Å². The van der Waals surface area contributed by atoms with Crippen LogP contribution in [-0.4, -0.2) is 42.9 Å². The molecule has 0 bridgehead atoms. The molecule has 1 aromatic rings. The van der Waals surface area contributed by atoms with Crippen molar-refractivity contribution < 1.29 is 14.0 Å². The average Bonchev–Trinajstić information content (AvgIpc) is 2.54. The number of carbonyl (C=O) groups excluding carboxylic acids is 2. The predicted octanol–water partition coefficient (Wildman–Crippen LogP) is 1.61. The van der Waals surface area contributed by atoms with Crippen LogP contribution in [0, 0.1) is 18.7 Å². The van der Waals surface area contributed by atoms with Crippen LogP contribution in [0.25, 0.3) is 0 Å². The molecule has 0 atom stereocenters. The van der Waals surface area contributed by atoms with Crippen molar-refractivity contribution in [3.63, 3.8) is 0 Å². The van der Waals surface area contributed by atoms with Gasteiger partial charge in [-0.25, -0.2) is 4.39 Å². The molecule has 5 nitrogen and oxygen atoms in total. The van der Waals surface area contributed by atoms with E-state index in [2.05, 4.69) is 0 Å². The van der Waals surface area contributed by atoms with Crippen molar-refractivity contribution in [3.8, 4) is 0 Å². The average molecular weight is 333 g/mol. The molecule has 0 aromatic heterocycles. The van der Waals surface area contributed by atoms with Crippen LogP contribution in [0.3, 0.4) is 0 Å². The molecule has 6 heteroatoms. The number of halogens is 1. The number of benzene rings is 1.